The number of methoxy groups -OCH3 is 1. The molecule has 0 rings (SSSR count). The Morgan fingerprint density at radius 2 is 1.81 bits per heavy atom. The van der Waals surface area contributed by atoms with Crippen molar-refractivity contribution in [3.05, 3.63) is 0 Å². The molecule has 0 aliphatic carbocycles. The number of aliphatic carboxylic acids is 1. The monoisotopic (exact) mass is 252 g/mol. The Bertz CT molecular complexity index is 183. The number of carboxylic acids is 1. The summed E-state index contributed by atoms with van der Waals surface area (Å²) in [6.45, 7) is 2.04. The molecule has 5 heteroatoms. The number of alkyl halides is 1. The molecule has 0 aliphatic rings. The van der Waals surface area contributed by atoms with Crippen LogP contribution in [0.3, 0.4) is 0 Å². The van der Waals surface area contributed by atoms with Crippen LogP contribution in [0, 0.1) is 0 Å². The highest BCUT2D eigenvalue weighted by atomic mass is 35.5. The Hall–Kier alpha value is -0.770. The van der Waals surface area contributed by atoms with Gasteiger partial charge < -0.3 is 9.84 Å². The Balaban J connectivity index is 0. The van der Waals surface area contributed by atoms with Gasteiger partial charge in [0.15, 0.2) is 0 Å². The molecular weight excluding hydrogens is 232 g/mol. The molecule has 0 aromatic rings. The molecule has 4 nitrogen and oxygen atoms in total. The predicted molar refractivity (Wildman–Crippen MR) is 63.7 cm³/mol. The van der Waals surface area contributed by atoms with Crippen LogP contribution in [0.2, 0.25) is 0 Å². The fourth-order valence-corrected chi connectivity index (χ4v) is 0.983. The van der Waals surface area contributed by atoms with Crippen LogP contribution in [0.5, 0.6) is 0 Å². The molecule has 96 valence electrons. The van der Waals surface area contributed by atoms with Gasteiger partial charge in [0.2, 0.25) is 0 Å². The van der Waals surface area contributed by atoms with Crippen molar-refractivity contribution >= 4 is 23.5 Å². The molecule has 0 aliphatic heterocycles. The maximum absolute atomic E-state index is 10.3. The van der Waals surface area contributed by atoms with Gasteiger partial charge in [0.25, 0.3) is 0 Å². The Kier molecular flexibility index (Phi) is 15.7. The van der Waals surface area contributed by atoms with E-state index in [0.717, 1.165) is 19.3 Å². The molecule has 0 bridgehead atoms. The number of carbonyl (C=O) groups excluding carboxylic acids is 1. The van der Waals surface area contributed by atoms with Gasteiger partial charge >= 0.3 is 11.9 Å². The predicted octanol–water partition coefficient (Wildman–Crippen LogP) is 2.83. The van der Waals surface area contributed by atoms with E-state index in [2.05, 4.69) is 4.74 Å². The zero-order chi connectivity index (χ0) is 12.8. The molecule has 0 atom stereocenters. The number of rotatable bonds is 7. The third-order valence-corrected chi connectivity index (χ3v) is 2.00. The minimum atomic E-state index is -0.741. The number of carboxylic acid groups (broad SMARTS) is 1. The zero-order valence-electron chi connectivity index (χ0n) is 10.00. The second-order valence-corrected chi connectivity index (χ2v) is 3.60. The fourth-order valence-electron chi connectivity index (χ4n) is 0.794. The first-order chi connectivity index (χ1) is 7.58. The molecular formula is C11H21ClO4. The number of esters is 1. The molecule has 0 heterocycles. The first kappa shape index (κ1) is 17.6. The Labute approximate surface area is 102 Å². The number of unbranched alkanes of at least 4 members (excludes halogenated alkanes) is 2. The van der Waals surface area contributed by atoms with Crippen LogP contribution in [0.1, 0.15) is 45.4 Å². The summed E-state index contributed by atoms with van der Waals surface area (Å²) in [4.78, 5) is 20.2. The maximum Gasteiger partial charge on any atom is 0.305 e. The Morgan fingerprint density at radius 1 is 1.19 bits per heavy atom. The van der Waals surface area contributed by atoms with Crippen LogP contribution >= 0.6 is 11.6 Å². The van der Waals surface area contributed by atoms with Crippen molar-refractivity contribution in [3.8, 4) is 0 Å². The Morgan fingerprint density at radius 3 is 2.19 bits per heavy atom. The van der Waals surface area contributed by atoms with E-state index in [1.807, 2.05) is 6.92 Å². The molecule has 0 aromatic carbocycles. The molecule has 0 radical (unpaired) electrons. The molecule has 0 amide bonds. The van der Waals surface area contributed by atoms with E-state index < -0.39 is 5.97 Å². The molecule has 0 saturated heterocycles. The summed E-state index contributed by atoms with van der Waals surface area (Å²) in [5, 5.41) is 8.10. The normalized spacial score (nSPS) is 8.94. The summed E-state index contributed by atoms with van der Waals surface area (Å²) in [6.07, 6.45) is 4.29. The van der Waals surface area contributed by atoms with Crippen molar-refractivity contribution < 1.29 is 19.4 Å². The van der Waals surface area contributed by atoms with E-state index in [4.69, 9.17) is 16.7 Å². The average molecular weight is 253 g/mol. The number of halogens is 1. The van der Waals surface area contributed by atoms with Crippen LogP contribution in [0.4, 0.5) is 0 Å². The quantitative estimate of drug-likeness (QED) is 0.430. The second-order valence-electron chi connectivity index (χ2n) is 3.22. The van der Waals surface area contributed by atoms with Crippen molar-refractivity contribution in [1.29, 1.82) is 0 Å². The molecule has 16 heavy (non-hydrogen) atoms. The van der Waals surface area contributed by atoms with Gasteiger partial charge in [0.1, 0.15) is 0 Å². The minimum absolute atomic E-state index is 0.105. The van der Waals surface area contributed by atoms with Gasteiger partial charge in [-0.3, -0.25) is 9.59 Å². The molecule has 0 saturated carbocycles. The molecule has 0 aromatic heterocycles. The summed E-state index contributed by atoms with van der Waals surface area (Å²) in [6, 6.07) is 0. The van der Waals surface area contributed by atoms with Crippen LogP contribution in [-0.2, 0) is 14.3 Å². The molecule has 0 fully saturated rings. The van der Waals surface area contributed by atoms with Crippen molar-refractivity contribution in [1.82, 2.24) is 0 Å². The van der Waals surface area contributed by atoms with Crippen LogP contribution in [-0.4, -0.2) is 30.0 Å². The first-order valence-corrected chi connectivity index (χ1v) is 5.96. The van der Waals surface area contributed by atoms with Gasteiger partial charge in [-0.15, -0.1) is 11.6 Å². The lowest BCUT2D eigenvalue weighted by molar-refractivity contribution is -0.140. The third-order valence-electron chi connectivity index (χ3n) is 1.74. The summed E-state index contributed by atoms with van der Waals surface area (Å²) >= 11 is 5.29. The van der Waals surface area contributed by atoms with Gasteiger partial charge in [-0.1, -0.05) is 13.3 Å². The first-order valence-electron chi connectivity index (χ1n) is 5.43. The van der Waals surface area contributed by atoms with Crippen molar-refractivity contribution in [2.45, 2.75) is 45.4 Å². The van der Waals surface area contributed by atoms with E-state index in [9.17, 15) is 9.59 Å². The molecule has 1 N–H and O–H groups in total. The second kappa shape index (κ2) is 14.2. The number of carbonyl (C=O) groups is 2. The van der Waals surface area contributed by atoms with Crippen LogP contribution in [0.15, 0.2) is 0 Å². The summed E-state index contributed by atoms with van der Waals surface area (Å²) in [7, 11) is 1.41. The van der Waals surface area contributed by atoms with E-state index in [-0.39, 0.29) is 12.4 Å². The van der Waals surface area contributed by atoms with Gasteiger partial charge in [-0.2, -0.15) is 0 Å². The number of ether oxygens (including phenoxy) is 1. The standard InChI is InChI=1S/C6H12O2.C5H9ClO2/c1-3-4-5-6(7)8-2;6-4-2-1-3-5(7)8/h3-5H2,1-2H3;1-4H2,(H,7,8). The smallest absolute Gasteiger partial charge is 0.305 e. The van der Waals surface area contributed by atoms with Gasteiger partial charge in [-0.25, -0.2) is 0 Å². The van der Waals surface area contributed by atoms with Crippen LogP contribution < -0.4 is 0 Å². The lowest BCUT2D eigenvalue weighted by Gasteiger charge is -1.93. The van der Waals surface area contributed by atoms with E-state index in [1.54, 1.807) is 0 Å². The molecule has 0 unspecified atom stereocenters. The van der Waals surface area contributed by atoms with E-state index in [1.165, 1.54) is 7.11 Å². The zero-order valence-corrected chi connectivity index (χ0v) is 10.8. The highest BCUT2D eigenvalue weighted by molar-refractivity contribution is 6.17. The van der Waals surface area contributed by atoms with Gasteiger partial charge in [0.05, 0.1) is 7.11 Å². The van der Waals surface area contributed by atoms with E-state index >= 15 is 0 Å². The van der Waals surface area contributed by atoms with Crippen molar-refractivity contribution in [2.75, 3.05) is 13.0 Å². The van der Waals surface area contributed by atoms with E-state index in [0.29, 0.717) is 18.7 Å². The SMILES string of the molecule is CCCCC(=O)OC.O=C(O)CCCCCl. The minimum Gasteiger partial charge on any atom is -0.481 e. The van der Waals surface area contributed by atoms with Crippen molar-refractivity contribution in [2.24, 2.45) is 0 Å². The van der Waals surface area contributed by atoms with Crippen molar-refractivity contribution in [3.63, 3.8) is 0 Å². The molecule has 0 spiro atoms. The maximum atomic E-state index is 10.3. The highest BCUT2D eigenvalue weighted by Gasteiger charge is 1.95. The topological polar surface area (TPSA) is 63.6 Å². The highest BCUT2D eigenvalue weighted by Crippen LogP contribution is 1.95. The lowest BCUT2D eigenvalue weighted by atomic mass is 10.3. The lowest BCUT2D eigenvalue weighted by Crippen LogP contribution is -1.98. The summed E-state index contributed by atoms with van der Waals surface area (Å²) in [5.41, 5.74) is 0. The van der Waals surface area contributed by atoms with Gasteiger partial charge in [0, 0.05) is 18.7 Å². The summed E-state index contributed by atoms with van der Waals surface area (Å²) < 4.78 is 4.41. The number of hydrogen-bond acceptors (Lipinski definition) is 3. The number of hydrogen-bond donors (Lipinski definition) is 1. The summed E-state index contributed by atoms with van der Waals surface area (Å²) in [5.74, 6) is -0.283. The third kappa shape index (κ3) is 18.9. The average Bonchev–Trinajstić information content (AvgIpc) is 2.26. The van der Waals surface area contributed by atoms with Gasteiger partial charge in [-0.05, 0) is 19.3 Å². The van der Waals surface area contributed by atoms with Crippen LogP contribution in [0.25, 0.3) is 0 Å². The fraction of sp³-hybridized carbons (Fsp3) is 0.818. The largest absolute Gasteiger partial charge is 0.481 e.